The van der Waals surface area contributed by atoms with E-state index in [2.05, 4.69) is 25.0 Å². The molecule has 0 atom stereocenters. The van der Waals surface area contributed by atoms with Gasteiger partial charge in [0, 0.05) is 37.0 Å². The van der Waals surface area contributed by atoms with Gasteiger partial charge >= 0.3 is 6.18 Å². The predicted octanol–water partition coefficient (Wildman–Crippen LogP) is 5.50. The summed E-state index contributed by atoms with van der Waals surface area (Å²) in [6, 6.07) is 7.21. The van der Waals surface area contributed by atoms with Crippen LogP contribution in [0.3, 0.4) is 0 Å². The molecule has 0 bridgehead atoms. The minimum Gasteiger partial charge on any atom is -0.480 e. The van der Waals surface area contributed by atoms with Crippen molar-refractivity contribution >= 4 is 11.0 Å². The Hall–Kier alpha value is -4.55. The third-order valence-electron chi connectivity index (χ3n) is 7.23. The van der Waals surface area contributed by atoms with Crippen LogP contribution in [0.5, 0.6) is 11.8 Å². The molecule has 0 aliphatic heterocycles. The molecule has 2 saturated carbocycles. The van der Waals surface area contributed by atoms with Crippen LogP contribution in [0.1, 0.15) is 54.6 Å². The third kappa shape index (κ3) is 4.85. The largest absolute Gasteiger partial charge is 0.480 e. The molecule has 0 amide bonds. The second kappa shape index (κ2) is 9.53. The highest BCUT2D eigenvalue weighted by Crippen LogP contribution is 2.45. The number of hydrogen-bond acceptors (Lipinski definition) is 8. The maximum atomic E-state index is 13.3. The molecule has 0 spiro atoms. The Balaban J connectivity index is 1.19. The average Bonchev–Trinajstić information content (AvgIpc) is 3.90. The van der Waals surface area contributed by atoms with Gasteiger partial charge < -0.3 is 14.0 Å². The van der Waals surface area contributed by atoms with Crippen LogP contribution in [0.15, 0.2) is 43.0 Å². The quantitative estimate of drug-likeness (QED) is 0.244. The summed E-state index contributed by atoms with van der Waals surface area (Å²) in [5, 5.41) is 5.11. The molecule has 10 nitrogen and oxygen atoms in total. The van der Waals surface area contributed by atoms with Gasteiger partial charge in [0.05, 0.1) is 12.8 Å². The van der Waals surface area contributed by atoms with E-state index < -0.39 is 11.9 Å². The Morgan fingerprint density at radius 2 is 1.73 bits per heavy atom. The fourth-order valence-corrected chi connectivity index (χ4v) is 4.90. The van der Waals surface area contributed by atoms with Crippen LogP contribution in [0.2, 0.25) is 0 Å². The molecule has 7 rings (SSSR count). The van der Waals surface area contributed by atoms with Crippen molar-refractivity contribution in [2.24, 2.45) is 7.05 Å². The number of fused-ring (bicyclic) bond motifs is 1. The van der Waals surface area contributed by atoms with E-state index >= 15 is 0 Å². The number of nitrogens with zero attached hydrogens (tertiary/aromatic N) is 8. The van der Waals surface area contributed by atoms with E-state index in [1.165, 1.54) is 6.33 Å². The van der Waals surface area contributed by atoms with E-state index in [1.54, 1.807) is 41.7 Å². The van der Waals surface area contributed by atoms with Crippen LogP contribution in [-0.2, 0) is 19.8 Å². The highest BCUT2D eigenvalue weighted by atomic mass is 19.4. The first-order valence-corrected chi connectivity index (χ1v) is 13.3. The van der Waals surface area contributed by atoms with Crippen molar-refractivity contribution < 1.29 is 22.6 Å². The van der Waals surface area contributed by atoms with Gasteiger partial charge in [-0.25, -0.2) is 19.9 Å². The molecule has 4 heterocycles. The highest BCUT2D eigenvalue weighted by molar-refractivity contribution is 5.82. The molecule has 0 radical (unpaired) electrons. The van der Waals surface area contributed by atoms with Gasteiger partial charge in [0.2, 0.25) is 11.8 Å². The number of ether oxygens (including phenoxy) is 2. The second-order valence-electron chi connectivity index (χ2n) is 10.4. The zero-order valence-corrected chi connectivity index (χ0v) is 22.3. The molecule has 41 heavy (non-hydrogen) atoms. The van der Waals surface area contributed by atoms with Crippen molar-refractivity contribution in [3.63, 3.8) is 0 Å². The van der Waals surface area contributed by atoms with Crippen LogP contribution in [-0.4, -0.2) is 46.4 Å². The highest BCUT2D eigenvalue weighted by Gasteiger charge is 2.37. The molecule has 210 valence electrons. The van der Waals surface area contributed by atoms with Gasteiger partial charge in [-0.05, 0) is 31.2 Å². The van der Waals surface area contributed by atoms with Gasteiger partial charge in [-0.2, -0.15) is 23.3 Å². The molecule has 2 aliphatic carbocycles. The van der Waals surface area contributed by atoms with Crippen molar-refractivity contribution in [3.05, 3.63) is 59.9 Å². The average molecular weight is 563 g/mol. The van der Waals surface area contributed by atoms with Crippen molar-refractivity contribution in [1.29, 1.82) is 0 Å². The monoisotopic (exact) mass is 562 g/mol. The van der Waals surface area contributed by atoms with Crippen molar-refractivity contribution in [1.82, 2.24) is 39.3 Å². The lowest BCUT2D eigenvalue weighted by molar-refractivity contribution is -0.140. The van der Waals surface area contributed by atoms with Crippen molar-refractivity contribution in [2.75, 3.05) is 7.11 Å². The lowest BCUT2D eigenvalue weighted by Crippen LogP contribution is -2.05. The van der Waals surface area contributed by atoms with Crippen LogP contribution < -0.4 is 9.47 Å². The van der Waals surface area contributed by atoms with Gasteiger partial charge in [-0.3, -0.25) is 4.68 Å². The first-order chi connectivity index (χ1) is 19.8. The molecule has 4 aromatic heterocycles. The van der Waals surface area contributed by atoms with E-state index in [9.17, 15) is 13.2 Å². The van der Waals surface area contributed by atoms with Gasteiger partial charge in [-0.1, -0.05) is 24.3 Å². The maximum Gasteiger partial charge on any atom is 0.434 e. The summed E-state index contributed by atoms with van der Waals surface area (Å²) in [5.41, 5.74) is 2.47. The molecule has 0 saturated heterocycles. The van der Waals surface area contributed by atoms with E-state index in [0.29, 0.717) is 51.5 Å². The summed E-state index contributed by atoms with van der Waals surface area (Å²) < 4.78 is 55.0. The third-order valence-corrected chi connectivity index (χ3v) is 7.23. The Bertz CT molecular complexity index is 1760. The fraction of sp³-hybridized carbons (Fsp3) is 0.357. The topological polar surface area (TPSA) is 106 Å². The SMILES string of the molecule is COc1ncnc(C2CC2)c1-c1nc(OCc2ccc(-c3nc(C(F)(F)F)cn3C3CC3)cc2)c2cn(C)nc2n1. The van der Waals surface area contributed by atoms with Gasteiger partial charge in [0.25, 0.3) is 0 Å². The van der Waals surface area contributed by atoms with Gasteiger partial charge in [0.1, 0.15) is 29.7 Å². The fourth-order valence-electron chi connectivity index (χ4n) is 4.90. The molecule has 1 aromatic carbocycles. The molecule has 5 aromatic rings. The molecule has 13 heteroatoms. The van der Waals surface area contributed by atoms with E-state index in [4.69, 9.17) is 14.5 Å². The van der Waals surface area contributed by atoms with Gasteiger partial charge in [0.15, 0.2) is 17.2 Å². The number of aromatic nitrogens is 8. The summed E-state index contributed by atoms with van der Waals surface area (Å²) >= 11 is 0. The number of halogens is 3. The van der Waals surface area contributed by atoms with E-state index in [1.807, 2.05) is 12.1 Å². The number of methoxy groups -OCH3 is 1. The van der Waals surface area contributed by atoms with Crippen LogP contribution in [0, 0.1) is 0 Å². The number of hydrogen-bond donors (Lipinski definition) is 0. The number of imidazole rings is 1. The van der Waals surface area contributed by atoms with Gasteiger partial charge in [-0.15, -0.1) is 0 Å². The summed E-state index contributed by atoms with van der Waals surface area (Å²) in [4.78, 5) is 22.1. The van der Waals surface area contributed by atoms with Crippen molar-refractivity contribution in [3.8, 4) is 34.5 Å². The zero-order chi connectivity index (χ0) is 28.3. The lowest BCUT2D eigenvalue weighted by atomic mass is 10.1. The smallest absolute Gasteiger partial charge is 0.434 e. The first kappa shape index (κ1) is 25.4. The summed E-state index contributed by atoms with van der Waals surface area (Å²) in [6.45, 7) is 0.170. The summed E-state index contributed by atoms with van der Waals surface area (Å²) in [6.07, 6.45) is 3.63. The number of aryl methyl sites for hydroxylation is 1. The second-order valence-corrected chi connectivity index (χ2v) is 10.4. The minimum atomic E-state index is -4.49. The summed E-state index contributed by atoms with van der Waals surface area (Å²) in [5.74, 6) is 1.71. The number of alkyl halides is 3. The maximum absolute atomic E-state index is 13.3. The Morgan fingerprint density at radius 3 is 2.41 bits per heavy atom. The first-order valence-electron chi connectivity index (χ1n) is 13.3. The Morgan fingerprint density at radius 1 is 0.951 bits per heavy atom. The molecular formula is C28H25F3N8O2. The molecule has 2 fully saturated rings. The Kier molecular flexibility index (Phi) is 5.91. The Labute approximate surface area is 232 Å². The number of rotatable bonds is 8. The van der Waals surface area contributed by atoms with Crippen molar-refractivity contribution in [2.45, 2.75) is 50.4 Å². The van der Waals surface area contributed by atoms with E-state index in [-0.39, 0.29) is 12.6 Å². The van der Waals surface area contributed by atoms with E-state index in [0.717, 1.165) is 43.1 Å². The normalized spacial score (nSPS) is 15.4. The molecule has 0 N–H and O–H groups in total. The van der Waals surface area contributed by atoms with Crippen LogP contribution in [0.25, 0.3) is 33.8 Å². The van der Waals surface area contributed by atoms with Crippen LogP contribution in [0.4, 0.5) is 13.2 Å². The number of benzene rings is 1. The summed E-state index contributed by atoms with van der Waals surface area (Å²) in [7, 11) is 3.34. The predicted molar refractivity (Wildman–Crippen MR) is 141 cm³/mol. The minimum absolute atomic E-state index is 0.0551. The lowest BCUT2D eigenvalue weighted by Gasteiger charge is -2.12. The zero-order valence-electron chi connectivity index (χ0n) is 22.3. The molecule has 0 unspecified atom stereocenters. The molecule has 2 aliphatic rings. The standard InChI is InChI=1S/C28H25F3N8O2/c1-38-11-19-23(37-38)35-24(21-22(16-7-8-16)32-14-33-27(21)40-2)36-26(19)41-13-15-3-5-17(6-4-15)25-34-20(28(29,30)31)12-39(25)18-9-10-18/h3-6,11-12,14,16,18H,7-10,13H2,1-2H3. The molecular weight excluding hydrogens is 537 g/mol. The van der Waals surface area contributed by atoms with Crippen LogP contribution >= 0.6 is 0 Å².